The van der Waals surface area contributed by atoms with E-state index in [1.165, 1.54) is 18.6 Å². The highest BCUT2D eigenvalue weighted by molar-refractivity contribution is 5.60. The topological polar surface area (TPSA) is 75.0 Å². The molecule has 0 amide bonds. The molecule has 3 aromatic rings. The van der Waals surface area contributed by atoms with Crippen LogP contribution in [0, 0.1) is 35.8 Å². The van der Waals surface area contributed by atoms with E-state index < -0.39 is 11.6 Å². The van der Waals surface area contributed by atoms with Crippen molar-refractivity contribution in [1.82, 2.24) is 24.7 Å². The molecule has 8 nitrogen and oxygen atoms in total. The van der Waals surface area contributed by atoms with Crippen molar-refractivity contribution in [3.8, 4) is 0 Å². The first-order valence-electron chi connectivity index (χ1n) is 11.5. The van der Waals surface area contributed by atoms with E-state index in [9.17, 15) is 8.78 Å². The summed E-state index contributed by atoms with van der Waals surface area (Å²) in [6.45, 7) is 5.38. The lowest BCUT2D eigenvalue weighted by Crippen LogP contribution is -2.47. The Hall–Kier alpha value is -3.30. The molecule has 4 heterocycles. The summed E-state index contributed by atoms with van der Waals surface area (Å²) in [6.07, 6.45) is 3.69. The Balaban J connectivity index is 1.11. The molecule has 1 aromatic carbocycles. The van der Waals surface area contributed by atoms with Gasteiger partial charge in [-0.25, -0.2) is 23.4 Å². The minimum Gasteiger partial charge on any atom is -0.356 e. The predicted octanol–water partition coefficient (Wildman–Crippen LogP) is 3.13. The number of benzene rings is 1. The Labute approximate surface area is 189 Å². The molecule has 2 unspecified atom stereocenters. The molecular weight excluding hydrogens is 426 g/mol. The van der Waals surface area contributed by atoms with Crippen LogP contribution in [0.15, 0.2) is 30.6 Å². The van der Waals surface area contributed by atoms with Gasteiger partial charge in [0.2, 0.25) is 11.9 Å². The van der Waals surface area contributed by atoms with E-state index in [4.69, 9.17) is 4.98 Å². The van der Waals surface area contributed by atoms with Crippen molar-refractivity contribution in [2.45, 2.75) is 32.4 Å². The van der Waals surface area contributed by atoms with E-state index >= 15 is 0 Å². The van der Waals surface area contributed by atoms with Gasteiger partial charge in [0.1, 0.15) is 23.8 Å². The van der Waals surface area contributed by atoms with Crippen LogP contribution in [0.3, 0.4) is 0 Å². The fourth-order valence-electron chi connectivity index (χ4n) is 6.33. The van der Waals surface area contributed by atoms with Gasteiger partial charge in [-0.3, -0.25) is 0 Å². The number of fused-ring (bicyclic) bond motifs is 1. The van der Waals surface area contributed by atoms with Crippen LogP contribution in [0.1, 0.15) is 18.5 Å². The summed E-state index contributed by atoms with van der Waals surface area (Å²) in [6, 6.07) is 5.95. The average Bonchev–Trinajstić information content (AvgIpc) is 3.06. The first kappa shape index (κ1) is 19.2. The summed E-state index contributed by atoms with van der Waals surface area (Å²) >= 11 is 0. The van der Waals surface area contributed by atoms with Gasteiger partial charge in [-0.05, 0) is 43.2 Å². The van der Waals surface area contributed by atoms with Crippen molar-refractivity contribution in [3.05, 3.63) is 47.9 Å². The summed E-state index contributed by atoms with van der Waals surface area (Å²) in [5, 5.41) is 8.27. The van der Waals surface area contributed by atoms with Gasteiger partial charge < -0.3 is 15.1 Å². The molecule has 4 atom stereocenters. The molecule has 0 radical (unpaired) electrons. The zero-order valence-electron chi connectivity index (χ0n) is 18.2. The first-order valence-corrected chi connectivity index (χ1v) is 11.5. The van der Waals surface area contributed by atoms with E-state index in [2.05, 4.69) is 31.3 Å². The van der Waals surface area contributed by atoms with Gasteiger partial charge in [0.15, 0.2) is 0 Å². The van der Waals surface area contributed by atoms with Crippen LogP contribution >= 0.6 is 0 Å². The molecule has 1 saturated heterocycles. The Kier molecular flexibility index (Phi) is 3.85. The van der Waals surface area contributed by atoms with Gasteiger partial charge in [0.25, 0.3) is 0 Å². The second-order valence-electron chi connectivity index (χ2n) is 9.81. The highest BCUT2D eigenvalue weighted by Gasteiger charge is 2.76. The molecule has 2 saturated carbocycles. The van der Waals surface area contributed by atoms with Crippen LogP contribution in [0.4, 0.5) is 32.2 Å². The zero-order chi connectivity index (χ0) is 22.3. The van der Waals surface area contributed by atoms with Gasteiger partial charge in [0, 0.05) is 61.7 Å². The summed E-state index contributed by atoms with van der Waals surface area (Å²) in [5.41, 5.74) is 1.83. The maximum absolute atomic E-state index is 13.8. The number of aromatic nitrogens is 5. The Morgan fingerprint density at radius 1 is 1.06 bits per heavy atom. The normalized spacial score (nSPS) is 29.2. The number of rotatable bonds is 4. The van der Waals surface area contributed by atoms with Crippen molar-refractivity contribution < 1.29 is 8.78 Å². The summed E-state index contributed by atoms with van der Waals surface area (Å²) < 4.78 is 29.4. The molecule has 33 heavy (non-hydrogen) atoms. The number of aryl methyl sites for hydroxylation is 2. The largest absolute Gasteiger partial charge is 0.356 e. The minimum absolute atomic E-state index is 0.336. The number of hydrogen-bond donors (Lipinski definition) is 1. The molecular formula is C23H24F2N8. The highest BCUT2D eigenvalue weighted by Crippen LogP contribution is 2.74. The maximum atomic E-state index is 13.8. The number of halogens is 2. The number of nitrogens with one attached hydrogen (secondary N) is 1. The van der Waals surface area contributed by atoms with Gasteiger partial charge in [-0.15, -0.1) is 5.10 Å². The number of anilines is 4. The highest BCUT2D eigenvalue weighted by atomic mass is 19.1. The van der Waals surface area contributed by atoms with Crippen LogP contribution in [0.2, 0.25) is 0 Å². The van der Waals surface area contributed by atoms with Gasteiger partial charge in [-0.2, -0.15) is 4.98 Å². The van der Waals surface area contributed by atoms with E-state index in [1.54, 1.807) is 6.33 Å². The van der Waals surface area contributed by atoms with Crippen LogP contribution in [-0.4, -0.2) is 50.4 Å². The van der Waals surface area contributed by atoms with Crippen LogP contribution in [-0.2, 0) is 6.54 Å². The third kappa shape index (κ3) is 2.85. The molecule has 4 aliphatic rings. The number of hydrogen-bond acceptors (Lipinski definition) is 7. The minimum atomic E-state index is -0.593. The van der Waals surface area contributed by atoms with Gasteiger partial charge >= 0.3 is 0 Å². The molecule has 2 aliphatic heterocycles. The summed E-state index contributed by atoms with van der Waals surface area (Å²) in [4.78, 5) is 17.6. The fraction of sp³-hybridized carbons (Fsp3) is 0.478. The molecule has 2 aromatic heterocycles. The molecule has 3 fully saturated rings. The van der Waals surface area contributed by atoms with Gasteiger partial charge in [0.05, 0.1) is 0 Å². The predicted molar refractivity (Wildman–Crippen MR) is 118 cm³/mol. The molecule has 1 spiro atoms. The van der Waals surface area contributed by atoms with Crippen molar-refractivity contribution >= 4 is 23.4 Å². The summed E-state index contributed by atoms with van der Waals surface area (Å²) in [5.74, 6) is 2.20. The molecule has 170 valence electrons. The number of nitrogens with zero attached hydrogens (tertiary/aromatic N) is 7. The smallest absolute Gasteiger partial charge is 0.244 e. The second kappa shape index (κ2) is 6.61. The lowest BCUT2D eigenvalue weighted by atomic mass is 9.71. The monoisotopic (exact) mass is 450 g/mol. The summed E-state index contributed by atoms with van der Waals surface area (Å²) in [7, 11) is 0. The van der Waals surface area contributed by atoms with Crippen molar-refractivity contribution in [2.24, 2.45) is 17.3 Å². The Morgan fingerprint density at radius 3 is 2.73 bits per heavy atom. The van der Waals surface area contributed by atoms with Crippen molar-refractivity contribution in [3.63, 3.8) is 0 Å². The Bertz CT molecular complexity index is 1240. The zero-order valence-corrected chi connectivity index (χ0v) is 18.2. The van der Waals surface area contributed by atoms with Crippen LogP contribution in [0.25, 0.3) is 0 Å². The van der Waals surface area contributed by atoms with Crippen molar-refractivity contribution in [2.75, 3.05) is 34.8 Å². The third-order valence-electron chi connectivity index (χ3n) is 7.90. The van der Waals surface area contributed by atoms with Crippen LogP contribution < -0.4 is 15.1 Å². The lowest BCUT2D eigenvalue weighted by molar-refractivity contribution is 0.193. The lowest BCUT2D eigenvalue weighted by Gasteiger charge is -2.38. The molecule has 0 bridgehead atoms. The Morgan fingerprint density at radius 2 is 1.91 bits per heavy atom. The SMILES string of the molecule is Cc1cc(N2C[C@H]3[C@H](Nc4nc5n(n4)CCCN5c4cc(F)cc(F)c4)C4CC43C2)ncn1. The molecule has 2 aliphatic carbocycles. The van der Waals surface area contributed by atoms with E-state index in [0.717, 1.165) is 43.6 Å². The van der Waals surface area contributed by atoms with Crippen LogP contribution in [0.5, 0.6) is 0 Å². The van der Waals surface area contributed by atoms with Crippen molar-refractivity contribution in [1.29, 1.82) is 0 Å². The standard InChI is InChI=1S/C23H24F2N8/c1-13-5-19(27-12-26-13)31-10-18-20(17-9-23(17,18)11-31)28-21-29-22-32(3-2-4-33(22)30-21)16-7-14(24)6-15(25)8-16/h5-8,12,17-18,20H,2-4,9-11H2,1H3,(H,28,30)/t17?,18-,20+,23?/m0/s1. The fourth-order valence-corrected chi connectivity index (χ4v) is 6.33. The first-order chi connectivity index (χ1) is 16.0. The molecule has 7 rings (SSSR count). The van der Waals surface area contributed by atoms with E-state index in [1.807, 2.05) is 16.5 Å². The molecule has 10 heteroatoms. The second-order valence-corrected chi connectivity index (χ2v) is 9.81. The quantitative estimate of drug-likeness (QED) is 0.655. The molecule has 1 N–H and O–H groups in total. The van der Waals surface area contributed by atoms with Gasteiger partial charge in [-0.1, -0.05) is 0 Å². The third-order valence-corrected chi connectivity index (χ3v) is 7.90. The van der Waals surface area contributed by atoms with E-state index in [0.29, 0.717) is 47.4 Å². The van der Waals surface area contributed by atoms with E-state index in [-0.39, 0.29) is 0 Å². The average molecular weight is 450 g/mol. The maximum Gasteiger partial charge on any atom is 0.244 e.